The van der Waals surface area contributed by atoms with Crippen LogP contribution in [0.15, 0.2) is 50.9 Å². The summed E-state index contributed by atoms with van der Waals surface area (Å²) in [6, 6.07) is 8.76. The van der Waals surface area contributed by atoms with Gasteiger partial charge in [0, 0.05) is 9.92 Å². The van der Waals surface area contributed by atoms with E-state index in [4.69, 9.17) is 16.0 Å². The number of nitrogens with one attached hydrogen (secondary N) is 2. The summed E-state index contributed by atoms with van der Waals surface area (Å²) >= 11 is 7.54. The first kappa shape index (κ1) is 13.1. The van der Waals surface area contributed by atoms with Gasteiger partial charge in [-0.15, -0.1) is 11.8 Å². The highest BCUT2D eigenvalue weighted by atomic mass is 35.5. The van der Waals surface area contributed by atoms with Crippen LogP contribution >= 0.6 is 23.4 Å². The van der Waals surface area contributed by atoms with Crippen molar-refractivity contribution in [1.29, 1.82) is 0 Å². The highest BCUT2D eigenvalue weighted by molar-refractivity contribution is 8.00. The standard InChI is InChI=1S/C13H10ClN3O2S/c14-8-3-4-9-11(6-8)20-7-12(15-9)16-17-13(18)10-2-1-5-19-10/h1-6H,7H2,(H,15,16)(H,17,18). The molecule has 2 aromatic rings. The Labute approximate surface area is 124 Å². The fourth-order valence-corrected chi connectivity index (χ4v) is 2.82. The number of hydrogen-bond donors (Lipinski definition) is 2. The normalized spacial score (nSPS) is 13.3. The van der Waals surface area contributed by atoms with Crippen LogP contribution in [0.4, 0.5) is 5.69 Å². The van der Waals surface area contributed by atoms with Crippen molar-refractivity contribution in [2.75, 3.05) is 5.75 Å². The number of hydrazine groups is 1. The van der Waals surface area contributed by atoms with Crippen molar-refractivity contribution in [3.8, 4) is 0 Å². The molecule has 1 aliphatic rings. The lowest BCUT2D eigenvalue weighted by Gasteiger charge is -2.16. The van der Waals surface area contributed by atoms with Gasteiger partial charge in [-0.25, -0.2) is 4.99 Å². The molecule has 0 radical (unpaired) electrons. The summed E-state index contributed by atoms with van der Waals surface area (Å²) in [7, 11) is 0. The number of benzene rings is 1. The molecule has 0 unspecified atom stereocenters. The Balaban J connectivity index is 1.67. The smallest absolute Gasteiger partial charge is 0.305 e. The zero-order valence-electron chi connectivity index (χ0n) is 10.2. The van der Waals surface area contributed by atoms with Gasteiger partial charge in [-0.05, 0) is 30.3 Å². The molecular formula is C13H10ClN3O2S. The Morgan fingerprint density at radius 2 is 2.30 bits per heavy atom. The summed E-state index contributed by atoms with van der Waals surface area (Å²) in [5, 5.41) is 0.689. The van der Waals surface area contributed by atoms with E-state index in [-0.39, 0.29) is 11.7 Å². The summed E-state index contributed by atoms with van der Waals surface area (Å²) < 4.78 is 4.99. The molecule has 1 aliphatic heterocycles. The number of furan rings is 1. The van der Waals surface area contributed by atoms with Gasteiger partial charge in [0.15, 0.2) is 5.76 Å². The number of carbonyl (C=O) groups excluding carboxylic acids is 1. The van der Waals surface area contributed by atoms with Crippen LogP contribution in [-0.4, -0.2) is 17.5 Å². The van der Waals surface area contributed by atoms with Crippen LogP contribution in [0.25, 0.3) is 0 Å². The number of amidine groups is 1. The minimum absolute atomic E-state index is 0.244. The van der Waals surface area contributed by atoms with E-state index in [1.165, 1.54) is 6.26 Å². The van der Waals surface area contributed by atoms with Gasteiger partial charge in [0.2, 0.25) is 0 Å². The predicted molar refractivity (Wildman–Crippen MR) is 78.6 cm³/mol. The van der Waals surface area contributed by atoms with E-state index in [0.29, 0.717) is 16.6 Å². The van der Waals surface area contributed by atoms with Crippen LogP contribution in [0.1, 0.15) is 10.6 Å². The lowest BCUT2D eigenvalue weighted by molar-refractivity contribution is 0.0916. The van der Waals surface area contributed by atoms with Crippen LogP contribution in [0, 0.1) is 0 Å². The Bertz CT molecular complexity index is 670. The number of thioether (sulfide) groups is 1. The number of fused-ring (bicyclic) bond motifs is 1. The van der Waals surface area contributed by atoms with Crippen molar-refractivity contribution in [3.05, 3.63) is 47.4 Å². The topological polar surface area (TPSA) is 66.6 Å². The summed E-state index contributed by atoms with van der Waals surface area (Å²) in [6.07, 6.45) is 1.45. The van der Waals surface area contributed by atoms with Gasteiger partial charge >= 0.3 is 5.91 Å². The van der Waals surface area contributed by atoms with Gasteiger partial charge in [-0.2, -0.15) is 0 Å². The Hall–Kier alpha value is -1.92. The van der Waals surface area contributed by atoms with E-state index in [1.807, 2.05) is 12.1 Å². The molecule has 3 rings (SSSR count). The minimum atomic E-state index is -0.343. The van der Waals surface area contributed by atoms with Gasteiger partial charge in [0.05, 0.1) is 17.7 Å². The summed E-state index contributed by atoms with van der Waals surface area (Å²) in [6.45, 7) is 0. The predicted octanol–water partition coefficient (Wildman–Crippen LogP) is 3.00. The maximum absolute atomic E-state index is 11.7. The number of halogens is 1. The molecular weight excluding hydrogens is 298 g/mol. The Morgan fingerprint density at radius 3 is 3.10 bits per heavy atom. The second-order valence-electron chi connectivity index (χ2n) is 4.02. The quantitative estimate of drug-likeness (QED) is 0.795. The van der Waals surface area contributed by atoms with Gasteiger partial charge < -0.3 is 4.42 Å². The Morgan fingerprint density at radius 1 is 1.40 bits per heavy atom. The molecule has 20 heavy (non-hydrogen) atoms. The fourth-order valence-electron chi connectivity index (χ4n) is 1.68. The molecule has 2 N–H and O–H groups in total. The van der Waals surface area contributed by atoms with Crippen molar-refractivity contribution < 1.29 is 9.21 Å². The first-order valence-electron chi connectivity index (χ1n) is 5.82. The van der Waals surface area contributed by atoms with Crippen LogP contribution in [0.5, 0.6) is 0 Å². The average molecular weight is 308 g/mol. The monoisotopic (exact) mass is 307 g/mol. The number of rotatable bonds is 1. The van der Waals surface area contributed by atoms with Crippen molar-refractivity contribution >= 4 is 40.8 Å². The zero-order valence-corrected chi connectivity index (χ0v) is 11.8. The summed E-state index contributed by atoms with van der Waals surface area (Å²) in [4.78, 5) is 17.1. The fraction of sp³-hybridized carbons (Fsp3) is 0.0769. The lowest BCUT2D eigenvalue weighted by Crippen LogP contribution is -2.42. The maximum atomic E-state index is 11.7. The molecule has 0 saturated heterocycles. The minimum Gasteiger partial charge on any atom is -0.459 e. The van der Waals surface area contributed by atoms with Gasteiger partial charge in [-0.3, -0.25) is 15.6 Å². The average Bonchev–Trinajstić information content (AvgIpc) is 2.99. The van der Waals surface area contributed by atoms with E-state index >= 15 is 0 Å². The third-order valence-corrected chi connectivity index (χ3v) is 3.90. The van der Waals surface area contributed by atoms with Crippen molar-refractivity contribution in [1.82, 2.24) is 10.9 Å². The molecule has 0 aliphatic carbocycles. The highest BCUT2D eigenvalue weighted by Crippen LogP contribution is 2.35. The molecule has 0 fully saturated rings. The molecule has 1 amide bonds. The van der Waals surface area contributed by atoms with Crippen LogP contribution in [0.3, 0.4) is 0 Å². The van der Waals surface area contributed by atoms with Crippen LogP contribution < -0.4 is 10.9 Å². The second kappa shape index (κ2) is 5.60. The number of carbonyl (C=O) groups is 1. The highest BCUT2D eigenvalue weighted by Gasteiger charge is 2.14. The van der Waals surface area contributed by atoms with Crippen molar-refractivity contribution in [2.45, 2.75) is 4.90 Å². The molecule has 0 bridgehead atoms. The molecule has 1 aromatic heterocycles. The number of nitrogens with zero attached hydrogens (tertiary/aromatic N) is 1. The number of hydrogen-bond acceptors (Lipinski definition) is 5. The van der Waals surface area contributed by atoms with E-state index in [0.717, 1.165) is 10.6 Å². The lowest BCUT2D eigenvalue weighted by atomic mass is 10.3. The van der Waals surface area contributed by atoms with Crippen LogP contribution in [0.2, 0.25) is 5.02 Å². The number of aliphatic imine (C=N–C) groups is 1. The van der Waals surface area contributed by atoms with Gasteiger partial charge in [0.25, 0.3) is 0 Å². The van der Waals surface area contributed by atoms with E-state index < -0.39 is 0 Å². The van der Waals surface area contributed by atoms with Crippen molar-refractivity contribution in [3.63, 3.8) is 0 Å². The van der Waals surface area contributed by atoms with Gasteiger partial charge in [-0.1, -0.05) is 11.6 Å². The first-order chi connectivity index (χ1) is 9.72. The molecule has 102 valence electrons. The summed E-state index contributed by atoms with van der Waals surface area (Å²) in [5.41, 5.74) is 6.18. The van der Waals surface area contributed by atoms with Gasteiger partial charge in [0.1, 0.15) is 5.84 Å². The third kappa shape index (κ3) is 2.81. The maximum Gasteiger partial charge on any atom is 0.305 e. The van der Waals surface area contributed by atoms with E-state index in [2.05, 4.69) is 15.8 Å². The van der Waals surface area contributed by atoms with Crippen molar-refractivity contribution in [2.24, 2.45) is 4.99 Å². The largest absolute Gasteiger partial charge is 0.459 e. The SMILES string of the molecule is O=C(NNC1=Nc2ccc(Cl)cc2SC1)c1ccco1. The molecule has 0 atom stereocenters. The van der Waals surface area contributed by atoms with Crippen LogP contribution in [-0.2, 0) is 0 Å². The number of amides is 1. The molecule has 0 saturated carbocycles. The molecule has 1 aromatic carbocycles. The first-order valence-corrected chi connectivity index (χ1v) is 7.18. The zero-order chi connectivity index (χ0) is 13.9. The van der Waals surface area contributed by atoms with E-state index in [1.54, 1.807) is 30.0 Å². The molecule has 5 nitrogen and oxygen atoms in total. The molecule has 0 spiro atoms. The Kier molecular flexibility index (Phi) is 3.66. The second-order valence-corrected chi connectivity index (χ2v) is 5.47. The van der Waals surface area contributed by atoms with E-state index in [9.17, 15) is 4.79 Å². The molecule has 2 heterocycles. The summed E-state index contributed by atoms with van der Waals surface area (Å²) in [5.74, 6) is 1.20. The third-order valence-electron chi connectivity index (χ3n) is 2.61. The molecule has 7 heteroatoms.